The summed E-state index contributed by atoms with van der Waals surface area (Å²) in [5.74, 6) is -1.85. The highest BCUT2D eigenvalue weighted by Gasteiger charge is 2.47. The summed E-state index contributed by atoms with van der Waals surface area (Å²) in [4.78, 5) is 15.0. The Hall–Kier alpha value is -2.79. The molecule has 8 heteroatoms. The Morgan fingerprint density at radius 3 is 2.53 bits per heavy atom. The molecule has 1 saturated heterocycles. The molecule has 0 aromatic heterocycles. The van der Waals surface area contributed by atoms with Crippen LogP contribution in [0.15, 0.2) is 42.5 Å². The van der Waals surface area contributed by atoms with Crippen molar-refractivity contribution in [1.29, 1.82) is 0 Å². The second kappa shape index (κ2) is 8.99. The minimum Gasteiger partial charge on any atom is -0.341 e. The van der Waals surface area contributed by atoms with E-state index in [1.807, 2.05) is 12.1 Å². The molecule has 1 saturated carbocycles. The molecule has 4 rings (SSSR count). The average Bonchev–Trinajstić information content (AvgIpc) is 3.55. The third kappa shape index (κ3) is 4.99. The molecule has 0 radical (unpaired) electrons. The second-order valence-corrected chi connectivity index (χ2v) is 10.2. The lowest BCUT2D eigenvalue weighted by Crippen LogP contribution is -2.35. The van der Waals surface area contributed by atoms with Crippen LogP contribution >= 0.6 is 0 Å². The molecule has 1 heterocycles. The number of hydrogen-bond donors (Lipinski definition) is 0. The molecule has 2 aromatic rings. The van der Waals surface area contributed by atoms with Gasteiger partial charge in [0.2, 0.25) is 5.91 Å². The van der Waals surface area contributed by atoms with Gasteiger partial charge in [-0.3, -0.25) is 4.79 Å². The summed E-state index contributed by atoms with van der Waals surface area (Å²) >= 11 is 0. The summed E-state index contributed by atoms with van der Waals surface area (Å²) in [6, 6.07) is 13.6. The fourth-order valence-electron chi connectivity index (χ4n) is 4.47. The van der Waals surface area contributed by atoms with Crippen LogP contribution in [-0.4, -0.2) is 38.6 Å². The molecule has 3 unspecified atom stereocenters. The largest absolute Gasteiger partial charge is 0.476 e. The molecule has 1 aliphatic carbocycles. The number of rotatable bonds is 3. The van der Waals surface area contributed by atoms with Gasteiger partial charge in [-0.1, -0.05) is 36.8 Å². The van der Waals surface area contributed by atoms with Crippen LogP contribution in [0.1, 0.15) is 37.2 Å². The number of carbonyl (C=O) groups is 1. The number of hydrogen-bond acceptors (Lipinski definition) is 3. The third-order valence-electron chi connectivity index (χ3n) is 6.08. The Balaban J connectivity index is 1.54. The van der Waals surface area contributed by atoms with Crippen LogP contribution in [0.3, 0.4) is 0 Å². The monoisotopic (exact) mass is 459 g/mol. The van der Waals surface area contributed by atoms with Gasteiger partial charge in [-0.15, -0.1) is 8.42 Å². The molecule has 2 fully saturated rings. The standard InChI is InChI=1S/C24H25F2N2O3S/c1-32(30,31)27-14-16-7-4-5-12-28(15-16)24(29)20-13-19(20)17-8-2-3-9-18(17)23-21(25)10-6-11-22(23)26/h2-3,6,8-11,16,19-20H,4-5,7,12-13,15H2,1H3/q+1. The maximum absolute atomic E-state index is 14.4. The van der Waals surface area contributed by atoms with Gasteiger partial charge in [-0.2, -0.15) is 0 Å². The lowest BCUT2D eigenvalue weighted by molar-refractivity contribution is -0.132. The minimum atomic E-state index is -3.51. The number of halogens is 2. The van der Waals surface area contributed by atoms with E-state index in [2.05, 4.69) is 10.3 Å². The summed E-state index contributed by atoms with van der Waals surface area (Å²) in [5.41, 5.74) is 1.18. The van der Waals surface area contributed by atoms with E-state index < -0.39 is 21.7 Å². The quantitative estimate of drug-likeness (QED) is 0.671. The summed E-state index contributed by atoms with van der Waals surface area (Å²) < 4.78 is 55.0. The molecule has 0 N–H and O–H groups in total. The average molecular weight is 460 g/mol. The van der Waals surface area contributed by atoms with Crippen molar-refractivity contribution in [2.45, 2.75) is 31.6 Å². The van der Waals surface area contributed by atoms with E-state index in [1.54, 1.807) is 17.0 Å². The number of amides is 1. The van der Waals surface area contributed by atoms with E-state index in [1.165, 1.54) is 18.2 Å². The fourth-order valence-corrected chi connectivity index (χ4v) is 4.81. The van der Waals surface area contributed by atoms with Gasteiger partial charge in [-0.25, -0.2) is 8.78 Å². The normalized spacial score (nSPS) is 23.1. The van der Waals surface area contributed by atoms with Gasteiger partial charge in [0.25, 0.3) is 0 Å². The molecular formula is C24H25F2N2O3S+. The third-order valence-corrected chi connectivity index (χ3v) is 6.52. The van der Waals surface area contributed by atoms with Crippen LogP contribution in [0.2, 0.25) is 0 Å². The maximum atomic E-state index is 14.4. The van der Waals surface area contributed by atoms with Crippen LogP contribution in [-0.2, 0) is 14.8 Å². The SMILES string of the molecule is CS(=O)(=O)[N+]#CC1CCCCN(C(=O)C2CC2c2ccccc2-c2c(F)cccc2F)C1. The van der Waals surface area contributed by atoms with Crippen LogP contribution in [0.5, 0.6) is 0 Å². The van der Waals surface area contributed by atoms with Crippen molar-refractivity contribution in [3.63, 3.8) is 0 Å². The van der Waals surface area contributed by atoms with E-state index >= 15 is 0 Å². The summed E-state index contributed by atoms with van der Waals surface area (Å²) in [6.07, 6.45) is 4.06. The lowest BCUT2D eigenvalue weighted by atomic mass is 9.95. The fraction of sp³-hybridized carbons (Fsp3) is 0.417. The number of sulfonamides is 1. The van der Waals surface area contributed by atoms with Crippen LogP contribution in [0.4, 0.5) is 8.78 Å². The molecule has 32 heavy (non-hydrogen) atoms. The van der Waals surface area contributed by atoms with Crippen molar-refractivity contribution < 1.29 is 22.0 Å². The summed E-state index contributed by atoms with van der Waals surface area (Å²) in [6.45, 7) is 0.980. The van der Waals surface area contributed by atoms with Gasteiger partial charge >= 0.3 is 16.1 Å². The smallest absolute Gasteiger partial charge is 0.341 e. The zero-order chi connectivity index (χ0) is 22.9. The number of carbonyl (C=O) groups excluding carboxylic acids is 1. The Kier molecular flexibility index (Phi) is 6.29. The van der Waals surface area contributed by atoms with E-state index in [0.717, 1.165) is 31.1 Å². The zero-order valence-corrected chi connectivity index (χ0v) is 18.6. The number of likely N-dealkylation sites (tertiary alicyclic amines) is 1. The van der Waals surface area contributed by atoms with E-state index in [9.17, 15) is 22.0 Å². The highest BCUT2D eigenvalue weighted by atomic mass is 32.2. The van der Waals surface area contributed by atoms with E-state index in [-0.39, 0.29) is 29.2 Å². The molecule has 1 amide bonds. The van der Waals surface area contributed by atoms with Crippen molar-refractivity contribution in [3.8, 4) is 17.2 Å². The van der Waals surface area contributed by atoms with E-state index in [0.29, 0.717) is 25.1 Å². The Labute approximate surface area is 186 Å². The predicted molar refractivity (Wildman–Crippen MR) is 119 cm³/mol. The van der Waals surface area contributed by atoms with Crippen LogP contribution in [0.25, 0.3) is 15.4 Å². The topological polar surface area (TPSA) is 58.8 Å². The maximum Gasteiger partial charge on any atom is 0.476 e. The molecule has 2 aromatic carbocycles. The van der Waals surface area contributed by atoms with Crippen molar-refractivity contribution in [3.05, 3.63) is 63.9 Å². The number of benzene rings is 2. The first-order valence-electron chi connectivity index (χ1n) is 10.7. The minimum absolute atomic E-state index is 0.00753. The van der Waals surface area contributed by atoms with Crippen LogP contribution < -0.4 is 0 Å². The summed E-state index contributed by atoms with van der Waals surface area (Å²) in [7, 11) is -3.51. The van der Waals surface area contributed by atoms with E-state index in [4.69, 9.17) is 0 Å². The zero-order valence-electron chi connectivity index (χ0n) is 17.8. The number of nitrogens with zero attached hydrogens (tertiary/aromatic N) is 2. The first-order chi connectivity index (χ1) is 15.2. The van der Waals surface area contributed by atoms with Crippen molar-refractivity contribution in [2.75, 3.05) is 19.3 Å². The predicted octanol–water partition coefficient (Wildman–Crippen LogP) is 4.66. The van der Waals surface area contributed by atoms with Gasteiger partial charge < -0.3 is 4.90 Å². The van der Waals surface area contributed by atoms with Gasteiger partial charge in [0.1, 0.15) is 23.8 Å². The Morgan fingerprint density at radius 1 is 1.09 bits per heavy atom. The molecule has 0 bridgehead atoms. The molecule has 1 aliphatic heterocycles. The molecule has 168 valence electrons. The molecule has 5 nitrogen and oxygen atoms in total. The molecular weight excluding hydrogens is 434 g/mol. The van der Waals surface area contributed by atoms with Crippen LogP contribution in [0, 0.1) is 29.5 Å². The van der Waals surface area contributed by atoms with Gasteiger partial charge in [0.05, 0.1) is 9.81 Å². The van der Waals surface area contributed by atoms with Crippen molar-refractivity contribution >= 4 is 15.9 Å². The van der Waals surface area contributed by atoms with Gasteiger partial charge in [0.15, 0.2) is 0 Å². The summed E-state index contributed by atoms with van der Waals surface area (Å²) in [5, 5.41) is 0. The lowest BCUT2D eigenvalue weighted by Gasteiger charge is -2.21. The molecule has 2 aliphatic rings. The first-order valence-corrected chi connectivity index (χ1v) is 12.6. The van der Waals surface area contributed by atoms with Crippen molar-refractivity contribution in [2.24, 2.45) is 11.8 Å². The van der Waals surface area contributed by atoms with Gasteiger partial charge in [-0.05, 0) is 48.4 Å². The highest BCUT2D eigenvalue weighted by molar-refractivity contribution is 7.92. The van der Waals surface area contributed by atoms with Crippen molar-refractivity contribution in [1.82, 2.24) is 4.90 Å². The first kappa shape index (κ1) is 22.4. The highest BCUT2D eigenvalue weighted by Crippen LogP contribution is 2.51. The Morgan fingerprint density at radius 2 is 1.81 bits per heavy atom. The second-order valence-electron chi connectivity index (χ2n) is 8.56. The molecule has 3 atom stereocenters. The van der Waals surface area contributed by atoms with Gasteiger partial charge in [0, 0.05) is 19.0 Å². The Bertz CT molecular complexity index is 1180. The molecule has 0 spiro atoms.